The van der Waals surface area contributed by atoms with Gasteiger partial charge in [-0.2, -0.15) is 0 Å². The molecule has 1 aromatic heterocycles. The molecule has 9 nitrogen and oxygen atoms in total. The Morgan fingerprint density at radius 3 is 2.60 bits per heavy atom. The number of hydrogen-bond acceptors (Lipinski definition) is 6. The Morgan fingerprint density at radius 2 is 2.00 bits per heavy atom. The molecule has 0 spiro atoms. The summed E-state index contributed by atoms with van der Waals surface area (Å²) in [5.41, 5.74) is -2.24. The number of aromatic nitrogens is 2. The third-order valence-electron chi connectivity index (χ3n) is 3.11. The van der Waals surface area contributed by atoms with Crippen LogP contribution < -0.4 is 20.7 Å². The quantitative estimate of drug-likeness (QED) is 0.554. The molecule has 1 aromatic carbocycles. The van der Waals surface area contributed by atoms with E-state index in [0.29, 0.717) is 28.1 Å². The van der Waals surface area contributed by atoms with E-state index in [1.807, 2.05) is 11.9 Å². The molecule has 0 aliphatic carbocycles. The molecule has 0 radical (unpaired) electrons. The van der Waals surface area contributed by atoms with E-state index in [9.17, 15) is 19.7 Å². The van der Waals surface area contributed by atoms with Crippen molar-refractivity contribution in [2.45, 2.75) is 6.92 Å². The van der Waals surface area contributed by atoms with Crippen molar-refractivity contribution in [1.82, 2.24) is 9.97 Å². The molecule has 0 bridgehead atoms. The van der Waals surface area contributed by atoms with Gasteiger partial charge in [0.15, 0.2) is 11.5 Å². The molecule has 0 fully saturated rings. The summed E-state index contributed by atoms with van der Waals surface area (Å²) in [7, 11) is 1.48. The van der Waals surface area contributed by atoms with Gasteiger partial charge in [-0.15, -0.1) is 0 Å². The minimum absolute atomic E-state index is 0.206. The molecule has 10 heteroatoms. The van der Waals surface area contributed by atoms with Crippen molar-refractivity contribution < 1.29 is 14.4 Å². The Labute approximate surface area is 149 Å². The Hall–Kier alpha value is -2.88. The zero-order chi connectivity index (χ0) is 18.6. The highest BCUT2D eigenvalue weighted by atomic mass is 79.9. The van der Waals surface area contributed by atoms with E-state index >= 15 is 0 Å². The normalized spacial score (nSPS) is 10.8. The number of H-pyrrole nitrogens is 2. The molecule has 0 amide bonds. The molecular formula is C15H14BrN3O6. The van der Waals surface area contributed by atoms with Crippen molar-refractivity contribution in [1.29, 1.82) is 0 Å². The standard InChI is InChI=1S/C15H14BrN3O6/c1-3-25-13-9(16)6-8(7-11(13)24-2)4-5-10-12(19(22)23)14(20)18-15(21)17-10/h4-7H,3H2,1-2H3,(H2,17,18,20,21)/b5-4-. The van der Waals surface area contributed by atoms with Crippen molar-refractivity contribution in [3.8, 4) is 11.5 Å². The first kappa shape index (κ1) is 18.5. The number of ether oxygens (including phenoxy) is 2. The summed E-state index contributed by atoms with van der Waals surface area (Å²) in [6.45, 7) is 2.28. The number of methoxy groups -OCH3 is 1. The van der Waals surface area contributed by atoms with Crippen LogP contribution >= 0.6 is 15.9 Å². The van der Waals surface area contributed by atoms with Crippen LogP contribution in [0.2, 0.25) is 0 Å². The third kappa shape index (κ3) is 4.15. The van der Waals surface area contributed by atoms with E-state index in [0.717, 1.165) is 0 Å². The molecule has 2 aromatic rings. The van der Waals surface area contributed by atoms with E-state index in [2.05, 4.69) is 20.9 Å². The smallest absolute Gasteiger partial charge is 0.357 e. The minimum atomic E-state index is -1.07. The summed E-state index contributed by atoms with van der Waals surface area (Å²) >= 11 is 3.37. The fourth-order valence-electron chi connectivity index (χ4n) is 2.10. The van der Waals surface area contributed by atoms with Gasteiger partial charge in [0.25, 0.3) is 0 Å². The summed E-state index contributed by atoms with van der Waals surface area (Å²) in [6.07, 6.45) is 2.77. The van der Waals surface area contributed by atoms with Crippen molar-refractivity contribution in [2.75, 3.05) is 13.7 Å². The molecular weight excluding hydrogens is 398 g/mol. The molecule has 0 unspecified atom stereocenters. The zero-order valence-corrected chi connectivity index (χ0v) is 14.9. The Morgan fingerprint density at radius 1 is 1.28 bits per heavy atom. The lowest BCUT2D eigenvalue weighted by atomic mass is 10.1. The molecule has 132 valence electrons. The maximum Gasteiger partial charge on any atom is 0.357 e. The maximum atomic E-state index is 11.6. The van der Waals surface area contributed by atoms with Crippen molar-refractivity contribution in [3.05, 3.63) is 58.8 Å². The van der Waals surface area contributed by atoms with Gasteiger partial charge in [-0.25, -0.2) is 4.79 Å². The molecule has 0 saturated carbocycles. The highest BCUT2D eigenvalue weighted by Crippen LogP contribution is 2.37. The van der Waals surface area contributed by atoms with Gasteiger partial charge in [0, 0.05) is 0 Å². The number of halogens is 1. The summed E-state index contributed by atoms with van der Waals surface area (Å²) in [6, 6.07) is 3.37. The Bertz CT molecular complexity index is 947. The van der Waals surface area contributed by atoms with E-state index in [4.69, 9.17) is 9.47 Å². The average Bonchev–Trinajstić information content (AvgIpc) is 2.53. The lowest BCUT2D eigenvalue weighted by Crippen LogP contribution is -2.25. The highest BCUT2D eigenvalue weighted by Gasteiger charge is 2.19. The lowest BCUT2D eigenvalue weighted by molar-refractivity contribution is -0.386. The lowest BCUT2D eigenvalue weighted by Gasteiger charge is -2.12. The largest absolute Gasteiger partial charge is 0.493 e. The van der Waals surface area contributed by atoms with Gasteiger partial charge >= 0.3 is 16.9 Å². The van der Waals surface area contributed by atoms with Crippen LogP contribution in [-0.2, 0) is 0 Å². The number of nitrogens with one attached hydrogen (secondary N) is 2. The first-order valence-electron chi connectivity index (χ1n) is 7.06. The molecule has 2 rings (SSSR count). The molecule has 2 N–H and O–H groups in total. The first-order chi connectivity index (χ1) is 11.9. The summed E-state index contributed by atoms with van der Waals surface area (Å²) in [4.78, 5) is 37.2. The number of benzene rings is 1. The minimum Gasteiger partial charge on any atom is -0.493 e. The van der Waals surface area contributed by atoms with Crippen LogP contribution in [0.4, 0.5) is 5.69 Å². The Kier molecular flexibility index (Phi) is 5.75. The molecule has 0 aliphatic heterocycles. The van der Waals surface area contributed by atoms with Crippen molar-refractivity contribution in [3.63, 3.8) is 0 Å². The van der Waals surface area contributed by atoms with Gasteiger partial charge < -0.3 is 14.5 Å². The van der Waals surface area contributed by atoms with Gasteiger partial charge in [0.05, 0.1) is 23.1 Å². The van der Waals surface area contributed by atoms with Gasteiger partial charge in [-0.3, -0.25) is 19.9 Å². The fraction of sp³-hybridized carbons (Fsp3) is 0.200. The van der Waals surface area contributed by atoms with Gasteiger partial charge in [0.1, 0.15) is 5.69 Å². The summed E-state index contributed by atoms with van der Waals surface area (Å²) in [5.74, 6) is 0.988. The van der Waals surface area contributed by atoms with Crippen molar-refractivity contribution >= 4 is 33.8 Å². The number of aromatic amines is 2. The van der Waals surface area contributed by atoms with E-state index in [1.165, 1.54) is 19.3 Å². The van der Waals surface area contributed by atoms with E-state index < -0.39 is 21.9 Å². The van der Waals surface area contributed by atoms with Crippen LogP contribution in [-0.4, -0.2) is 28.6 Å². The highest BCUT2D eigenvalue weighted by molar-refractivity contribution is 9.10. The molecule has 0 saturated heterocycles. The van der Waals surface area contributed by atoms with Gasteiger partial charge in [0.2, 0.25) is 0 Å². The average molecular weight is 412 g/mol. The predicted octanol–water partition coefficient (Wildman–Crippen LogP) is 2.31. The van der Waals surface area contributed by atoms with Crippen LogP contribution in [0.5, 0.6) is 11.5 Å². The van der Waals surface area contributed by atoms with Crippen LogP contribution in [0.1, 0.15) is 18.2 Å². The molecule has 1 heterocycles. The number of nitro groups is 1. The van der Waals surface area contributed by atoms with Crippen LogP contribution in [0.15, 0.2) is 26.2 Å². The SMILES string of the molecule is CCOc1c(Br)cc(/C=C\c2[nH]c(=O)[nH]c(=O)c2[N+](=O)[O-])cc1OC. The van der Waals surface area contributed by atoms with Crippen molar-refractivity contribution in [2.24, 2.45) is 0 Å². The number of hydrogen-bond donors (Lipinski definition) is 2. The van der Waals surface area contributed by atoms with E-state index in [-0.39, 0.29) is 5.69 Å². The van der Waals surface area contributed by atoms with Crippen LogP contribution in [0.25, 0.3) is 12.2 Å². The second kappa shape index (κ2) is 7.79. The molecule has 0 aliphatic rings. The molecule has 25 heavy (non-hydrogen) atoms. The second-order valence-corrected chi connectivity index (χ2v) is 5.58. The van der Waals surface area contributed by atoms with Gasteiger partial charge in [-0.1, -0.05) is 6.08 Å². The maximum absolute atomic E-state index is 11.6. The fourth-order valence-corrected chi connectivity index (χ4v) is 2.67. The first-order valence-corrected chi connectivity index (χ1v) is 7.86. The number of rotatable bonds is 6. The van der Waals surface area contributed by atoms with Crippen LogP contribution in [0.3, 0.4) is 0 Å². The Balaban J connectivity index is 2.50. The van der Waals surface area contributed by atoms with E-state index in [1.54, 1.807) is 12.1 Å². The third-order valence-corrected chi connectivity index (χ3v) is 3.70. The topological polar surface area (TPSA) is 127 Å². The molecule has 0 atom stereocenters. The van der Waals surface area contributed by atoms with Crippen LogP contribution in [0, 0.1) is 10.1 Å². The second-order valence-electron chi connectivity index (χ2n) is 4.73. The monoisotopic (exact) mass is 411 g/mol. The summed E-state index contributed by atoms with van der Waals surface area (Å²) in [5, 5.41) is 11.0. The zero-order valence-electron chi connectivity index (χ0n) is 13.3. The van der Waals surface area contributed by atoms with Gasteiger partial charge in [-0.05, 0) is 46.6 Å². The summed E-state index contributed by atoms with van der Waals surface area (Å²) < 4.78 is 11.4. The number of nitrogens with zero attached hydrogens (tertiary/aromatic N) is 1. The predicted molar refractivity (Wildman–Crippen MR) is 95.1 cm³/mol.